The molecule has 0 fully saturated rings. The summed E-state index contributed by atoms with van der Waals surface area (Å²) in [6.07, 6.45) is 1.60. The molecule has 1 heterocycles. The number of nitrogens with one attached hydrogen (secondary N) is 1. The summed E-state index contributed by atoms with van der Waals surface area (Å²) >= 11 is 0. The van der Waals surface area contributed by atoms with E-state index in [2.05, 4.69) is 10.5 Å². The molecule has 0 atom stereocenters. The zero-order chi connectivity index (χ0) is 17.2. The summed E-state index contributed by atoms with van der Waals surface area (Å²) in [6, 6.07) is 11.9. The molecule has 6 nitrogen and oxygen atoms in total. The van der Waals surface area contributed by atoms with Crippen molar-refractivity contribution in [1.82, 2.24) is 15.4 Å². The lowest BCUT2D eigenvalue weighted by atomic mass is 10.1. The van der Waals surface area contributed by atoms with Gasteiger partial charge >= 0.3 is 0 Å². The number of nitrogens with zero attached hydrogens (tertiary/aromatic N) is 2. The highest BCUT2D eigenvalue weighted by Crippen LogP contribution is 2.19. The van der Waals surface area contributed by atoms with Gasteiger partial charge in [-0.25, -0.2) is 0 Å². The molecule has 25 heavy (non-hydrogen) atoms. The van der Waals surface area contributed by atoms with Gasteiger partial charge in [-0.3, -0.25) is 4.79 Å². The molecule has 0 aliphatic heterocycles. The first-order chi connectivity index (χ1) is 11.7. The third kappa shape index (κ3) is 7.25. The smallest absolute Gasteiger partial charge is 0.236 e. The van der Waals surface area contributed by atoms with Gasteiger partial charge in [-0.05, 0) is 6.42 Å². The van der Waals surface area contributed by atoms with Crippen LogP contribution in [-0.2, 0) is 16.0 Å². The number of methoxy groups -OCH3 is 1. The van der Waals surface area contributed by atoms with Crippen LogP contribution >= 0.6 is 12.4 Å². The molecule has 0 aliphatic carbocycles. The molecular weight excluding hydrogens is 342 g/mol. The van der Waals surface area contributed by atoms with Gasteiger partial charge in [0.05, 0.1) is 13.2 Å². The lowest BCUT2D eigenvalue weighted by molar-refractivity contribution is -0.129. The summed E-state index contributed by atoms with van der Waals surface area (Å²) in [7, 11) is 3.46. The summed E-state index contributed by atoms with van der Waals surface area (Å²) in [6.45, 7) is 2.30. The third-order valence-corrected chi connectivity index (χ3v) is 3.73. The fraction of sp³-hybridized carbons (Fsp3) is 0.444. The second-order valence-corrected chi connectivity index (χ2v) is 5.63. The summed E-state index contributed by atoms with van der Waals surface area (Å²) in [5.74, 6) is 0.918. The van der Waals surface area contributed by atoms with Gasteiger partial charge in [-0.15, -0.1) is 12.4 Å². The minimum absolute atomic E-state index is 0. The molecule has 138 valence electrons. The van der Waals surface area contributed by atoms with E-state index in [4.69, 9.17) is 9.26 Å². The Morgan fingerprint density at radius 1 is 1.32 bits per heavy atom. The highest BCUT2D eigenvalue weighted by atomic mass is 35.5. The van der Waals surface area contributed by atoms with E-state index in [1.165, 1.54) is 0 Å². The van der Waals surface area contributed by atoms with Crippen molar-refractivity contribution < 1.29 is 14.1 Å². The average Bonchev–Trinajstić information content (AvgIpc) is 3.08. The Labute approximate surface area is 154 Å². The molecule has 0 aliphatic rings. The minimum atomic E-state index is 0. The van der Waals surface area contributed by atoms with Crippen molar-refractivity contribution in [2.24, 2.45) is 0 Å². The lowest BCUT2D eigenvalue weighted by Gasteiger charge is -2.17. The number of carbonyl (C=O) groups excluding carboxylic acids is 1. The van der Waals surface area contributed by atoms with Crippen molar-refractivity contribution >= 4 is 18.3 Å². The maximum atomic E-state index is 11.9. The van der Waals surface area contributed by atoms with Gasteiger partial charge in [0.15, 0.2) is 0 Å². The Kier molecular flexibility index (Phi) is 9.84. The number of ether oxygens (including phenoxy) is 1. The van der Waals surface area contributed by atoms with Crippen LogP contribution in [0.3, 0.4) is 0 Å². The van der Waals surface area contributed by atoms with Gasteiger partial charge in [-0.1, -0.05) is 35.5 Å². The fourth-order valence-electron chi connectivity index (χ4n) is 2.30. The lowest BCUT2D eigenvalue weighted by Crippen LogP contribution is -2.37. The highest BCUT2D eigenvalue weighted by molar-refractivity contribution is 5.85. The number of aromatic nitrogens is 1. The zero-order valence-corrected chi connectivity index (χ0v) is 15.6. The number of hydrogen-bond donors (Lipinski definition) is 1. The maximum Gasteiger partial charge on any atom is 0.236 e. The normalized spacial score (nSPS) is 10.3. The van der Waals surface area contributed by atoms with Crippen LogP contribution in [0.25, 0.3) is 11.3 Å². The first-order valence-electron chi connectivity index (χ1n) is 8.15. The number of carbonyl (C=O) groups is 1. The van der Waals surface area contributed by atoms with Gasteiger partial charge in [0.1, 0.15) is 11.5 Å². The molecule has 0 bridgehead atoms. The van der Waals surface area contributed by atoms with E-state index < -0.39 is 0 Å². The highest BCUT2D eigenvalue weighted by Gasteiger charge is 2.10. The molecule has 0 saturated heterocycles. The van der Waals surface area contributed by atoms with Gasteiger partial charge in [0.25, 0.3) is 0 Å². The molecule has 1 N–H and O–H groups in total. The Balaban J connectivity index is 0.00000312. The van der Waals surface area contributed by atoms with Crippen LogP contribution in [0.15, 0.2) is 40.9 Å². The first-order valence-corrected chi connectivity index (χ1v) is 8.15. The number of rotatable bonds is 10. The molecule has 0 spiro atoms. The van der Waals surface area contributed by atoms with E-state index in [-0.39, 0.29) is 18.3 Å². The Morgan fingerprint density at radius 3 is 2.80 bits per heavy atom. The predicted octanol–water partition coefficient (Wildman–Crippen LogP) is 2.39. The van der Waals surface area contributed by atoms with Crippen molar-refractivity contribution in [3.8, 4) is 11.3 Å². The molecule has 0 radical (unpaired) electrons. The van der Waals surface area contributed by atoms with Crippen LogP contribution in [0.5, 0.6) is 0 Å². The van der Waals surface area contributed by atoms with Gasteiger partial charge in [0.2, 0.25) is 5.91 Å². The Hall–Kier alpha value is -1.89. The predicted molar refractivity (Wildman–Crippen MR) is 99.9 cm³/mol. The van der Waals surface area contributed by atoms with Gasteiger partial charge < -0.3 is 19.5 Å². The second kappa shape index (κ2) is 11.6. The Morgan fingerprint density at radius 2 is 2.08 bits per heavy atom. The molecule has 7 heteroatoms. The Bertz CT molecular complexity index is 619. The number of likely N-dealkylation sites (N-methyl/N-ethyl adjacent to an activating group) is 1. The van der Waals surface area contributed by atoms with E-state index in [9.17, 15) is 4.79 Å². The number of benzene rings is 1. The van der Waals surface area contributed by atoms with Crippen LogP contribution in [0, 0.1) is 0 Å². The summed E-state index contributed by atoms with van der Waals surface area (Å²) in [4.78, 5) is 13.7. The zero-order valence-electron chi connectivity index (χ0n) is 14.7. The standard InChI is InChI=1S/C18H25N3O3.ClH/c1-21(18(22)14-19-10-12-23-2)11-6-9-16-13-17(20-24-16)15-7-4-3-5-8-15;/h3-5,7-8,13,19H,6,9-12,14H2,1-2H3;1H. The third-order valence-electron chi connectivity index (χ3n) is 3.73. The SMILES string of the molecule is COCCNCC(=O)N(C)CCCc1cc(-c2ccccc2)no1.Cl. The van der Waals surface area contributed by atoms with Crippen LogP contribution in [0.4, 0.5) is 0 Å². The van der Waals surface area contributed by atoms with Crippen LogP contribution in [0.2, 0.25) is 0 Å². The fourth-order valence-corrected chi connectivity index (χ4v) is 2.30. The van der Waals surface area contributed by atoms with Crippen LogP contribution < -0.4 is 5.32 Å². The van der Waals surface area contributed by atoms with E-state index in [1.54, 1.807) is 12.0 Å². The van der Waals surface area contributed by atoms with Crippen molar-refractivity contribution in [2.45, 2.75) is 12.8 Å². The molecule has 1 aromatic heterocycles. The van der Waals surface area contributed by atoms with Crippen molar-refractivity contribution in [3.05, 3.63) is 42.2 Å². The first kappa shape index (κ1) is 21.2. The number of aryl methyl sites for hydroxylation is 1. The van der Waals surface area contributed by atoms with Gasteiger partial charge in [0, 0.05) is 45.3 Å². The molecule has 1 amide bonds. The number of amides is 1. The topological polar surface area (TPSA) is 67.6 Å². The van der Waals surface area contributed by atoms with Crippen molar-refractivity contribution in [3.63, 3.8) is 0 Å². The van der Waals surface area contributed by atoms with Crippen molar-refractivity contribution in [2.75, 3.05) is 40.4 Å². The maximum absolute atomic E-state index is 11.9. The van der Waals surface area contributed by atoms with E-state index in [0.29, 0.717) is 26.2 Å². The molecule has 0 saturated carbocycles. The van der Waals surface area contributed by atoms with E-state index in [1.807, 2.05) is 43.4 Å². The van der Waals surface area contributed by atoms with Gasteiger partial charge in [-0.2, -0.15) is 0 Å². The number of halogens is 1. The molecule has 0 unspecified atom stereocenters. The number of hydrogen-bond acceptors (Lipinski definition) is 5. The largest absolute Gasteiger partial charge is 0.383 e. The van der Waals surface area contributed by atoms with Crippen molar-refractivity contribution in [1.29, 1.82) is 0 Å². The van der Waals surface area contributed by atoms with E-state index >= 15 is 0 Å². The monoisotopic (exact) mass is 367 g/mol. The summed E-state index contributed by atoms with van der Waals surface area (Å²) in [5, 5.41) is 7.15. The minimum Gasteiger partial charge on any atom is -0.383 e. The van der Waals surface area contributed by atoms with E-state index in [0.717, 1.165) is 29.9 Å². The second-order valence-electron chi connectivity index (χ2n) is 5.63. The molecular formula is C18H26ClN3O3. The van der Waals surface area contributed by atoms with Crippen LogP contribution in [-0.4, -0.2) is 56.4 Å². The molecule has 2 rings (SSSR count). The quantitative estimate of drug-likeness (QED) is 0.653. The molecule has 1 aromatic carbocycles. The summed E-state index contributed by atoms with van der Waals surface area (Å²) < 4.78 is 10.3. The van der Waals surface area contributed by atoms with Crippen LogP contribution in [0.1, 0.15) is 12.2 Å². The summed E-state index contributed by atoms with van der Waals surface area (Å²) in [5.41, 5.74) is 1.89. The average molecular weight is 368 g/mol. The molecule has 2 aromatic rings.